The van der Waals surface area contributed by atoms with E-state index in [9.17, 15) is 0 Å². The minimum Gasteiger partial charge on any atom is -0.246 e. The molecule has 1 saturated carbocycles. The van der Waals surface area contributed by atoms with Crippen LogP contribution in [-0.4, -0.2) is 4.98 Å². The zero-order chi connectivity index (χ0) is 7.84. The van der Waals surface area contributed by atoms with Crippen LogP contribution < -0.4 is 0 Å². The summed E-state index contributed by atoms with van der Waals surface area (Å²) in [6.45, 7) is 2.04. The largest absolute Gasteiger partial charge is 0.246 e. The third-order valence-corrected chi connectivity index (χ3v) is 2.40. The second kappa shape index (κ2) is 2.59. The topological polar surface area (TPSA) is 12.9 Å². The Labute approximate surface area is 75.0 Å². The summed E-state index contributed by atoms with van der Waals surface area (Å²) in [5, 5.41) is 0. The van der Waals surface area contributed by atoms with E-state index in [1.54, 1.807) is 0 Å². The molecule has 0 aliphatic heterocycles. The molecule has 0 amide bonds. The fraction of sp³-hybridized carbons (Fsp3) is 0.444. The summed E-state index contributed by atoms with van der Waals surface area (Å²) in [5.74, 6) is 0.827. The van der Waals surface area contributed by atoms with Gasteiger partial charge in [0.2, 0.25) is 0 Å². The van der Waals surface area contributed by atoms with Crippen LogP contribution in [0.15, 0.2) is 16.7 Å². The van der Waals surface area contributed by atoms with Crippen molar-refractivity contribution in [3.8, 4) is 0 Å². The molecular formula is C9H10BrN. The molecule has 2 rings (SSSR count). The fourth-order valence-electron chi connectivity index (χ4n) is 1.31. The summed E-state index contributed by atoms with van der Waals surface area (Å²) < 4.78 is 0.972. The van der Waals surface area contributed by atoms with Gasteiger partial charge in [0.05, 0.1) is 0 Å². The Morgan fingerprint density at radius 2 is 2.18 bits per heavy atom. The Bertz CT molecular complexity index is 259. The maximum absolute atomic E-state index is 4.26. The lowest BCUT2D eigenvalue weighted by atomic mass is 10.1. The number of aryl methyl sites for hydroxylation is 1. The van der Waals surface area contributed by atoms with Gasteiger partial charge in [0.1, 0.15) is 4.60 Å². The molecule has 1 nitrogen and oxygen atoms in total. The highest BCUT2D eigenvalue weighted by atomic mass is 79.9. The molecule has 2 heteroatoms. The zero-order valence-electron chi connectivity index (χ0n) is 6.47. The Balaban J connectivity index is 2.39. The maximum Gasteiger partial charge on any atom is 0.106 e. The molecule has 0 N–H and O–H groups in total. The van der Waals surface area contributed by atoms with Crippen molar-refractivity contribution in [2.75, 3.05) is 0 Å². The highest BCUT2D eigenvalue weighted by Crippen LogP contribution is 2.40. The average Bonchev–Trinajstić information content (AvgIpc) is 2.64. The van der Waals surface area contributed by atoms with Crippen LogP contribution in [0.25, 0.3) is 0 Å². The van der Waals surface area contributed by atoms with Gasteiger partial charge < -0.3 is 0 Å². The predicted octanol–water partition coefficient (Wildman–Crippen LogP) is 3.03. The first-order valence-corrected chi connectivity index (χ1v) is 4.69. The monoisotopic (exact) mass is 211 g/mol. The standard InChI is InChI=1S/C9H10BrN/c1-6-4-8(7-2-3-7)5-9(10)11-6/h4-5,7H,2-3H2,1H3. The second-order valence-electron chi connectivity index (χ2n) is 3.14. The second-order valence-corrected chi connectivity index (χ2v) is 3.95. The van der Waals surface area contributed by atoms with Crippen molar-refractivity contribution in [3.05, 3.63) is 28.0 Å². The van der Waals surface area contributed by atoms with E-state index in [-0.39, 0.29) is 0 Å². The lowest BCUT2D eigenvalue weighted by molar-refractivity contribution is 1.06. The molecule has 1 aliphatic rings. The highest BCUT2D eigenvalue weighted by Gasteiger charge is 2.23. The van der Waals surface area contributed by atoms with Gasteiger partial charge in [-0.3, -0.25) is 0 Å². The van der Waals surface area contributed by atoms with Crippen LogP contribution in [0.3, 0.4) is 0 Å². The Morgan fingerprint density at radius 1 is 1.45 bits per heavy atom. The fourth-order valence-corrected chi connectivity index (χ4v) is 1.85. The van der Waals surface area contributed by atoms with E-state index < -0.39 is 0 Å². The number of pyridine rings is 1. The van der Waals surface area contributed by atoms with E-state index in [0.29, 0.717) is 0 Å². The number of aromatic nitrogens is 1. The third-order valence-electron chi connectivity index (χ3n) is 1.99. The molecule has 0 unspecified atom stereocenters. The van der Waals surface area contributed by atoms with Gasteiger partial charge in [0, 0.05) is 5.69 Å². The van der Waals surface area contributed by atoms with Crippen molar-refractivity contribution < 1.29 is 0 Å². The van der Waals surface area contributed by atoms with E-state index in [0.717, 1.165) is 16.2 Å². The van der Waals surface area contributed by atoms with Crippen LogP contribution in [0, 0.1) is 6.92 Å². The van der Waals surface area contributed by atoms with Gasteiger partial charge in [-0.15, -0.1) is 0 Å². The molecule has 0 bridgehead atoms. The first-order chi connectivity index (χ1) is 5.25. The molecule has 11 heavy (non-hydrogen) atoms. The number of nitrogens with zero attached hydrogens (tertiary/aromatic N) is 1. The molecule has 58 valence electrons. The Kier molecular flexibility index (Phi) is 1.72. The lowest BCUT2D eigenvalue weighted by Crippen LogP contribution is -1.86. The van der Waals surface area contributed by atoms with Crippen LogP contribution in [-0.2, 0) is 0 Å². The number of rotatable bonds is 1. The summed E-state index contributed by atoms with van der Waals surface area (Å²) in [7, 11) is 0. The van der Waals surface area contributed by atoms with Gasteiger partial charge in [-0.2, -0.15) is 0 Å². The SMILES string of the molecule is Cc1cc(C2CC2)cc(Br)n1. The molecule has 1 aromatic heterocycles. The van der Waals surface area contributed by atoms with Crippen LogP contribution >= 0.6 is 15.9 Å². The summed E-state index contributed by atoms with van der Waals surface area (Å²) in [6, 6.07) is 4.31. The van der Waals surface area contributed by atoms with E-state index in [4.69, 9.17) is 0 Å². The van der Waals surface area contributed by atoms with Crippen molar-refractivity contribution >= 4 is 15.9 Å². The highest BCUT2D eigenvalue weighted by molar-refractivity contribution is 9.10. The molecule has 0 saturated heterocycles. The molecule has 0 spiro atoms. The normalized spacial score (nSPS) is 16.9. The van der Waals surface area contributed by atoms with Gasteiger partial charge in [-0.25, -0.2) is 4.98 Å². The summed E-state index contributed by atoms with van der Waals surface area (Å²) >= 11 is 3.40. The zero-order valence-corrected chi connectivity index (χ0v) is 8.06. The minimum absolute atomic E-state index is 0.827. The number of halogens is 1. The lowest BCUT2D eigenvalue weighted by Gasteiger charge is -1.99. The molecule has 1 aromatic rings. The van der Waals surface area contributed by atoms with Crippen molar-refractivity contribution in [1.82, 2.24) is 4.98 Å². The summed E-state index contributed by atoms with van der Waals surface area (Å²) in [5.41, 5.74) is 2.56. The molecule has 0 radical (unpaired) electrons. The van der Waals surface area contributed by atoms with E-state index in [1.165, 1.54) is 18.4 Å². The van der Waals surface area contributed by atoms with Gasteiger partial charge >= 0.3 is 0 Å². The molecule has 1 fully saturated rings. The van der Waals surface area contributed by atoms with Gasteiger partial charge in [-0.1, -0.05) is 0 Å². The average molecular weight is 212 g/mol. The number of hydrogen-bond donors (Lipinski definition) is 0. The minimum atomic E-state index is 0.827. The van der Waals surface area contributed by atoms with Crippen molar-refractivity contribution in [3.63, 3.8) is 0 Å². The third kappa shape index (κ3) is 1.62. The first kappa shape index (κ1) is 7.29. The number of hydrogen-bond acceptors (Lipinski definition) is 1. The van der Waals surface area contributed by atoms with Crippen molar-refractivity contribution in [2.45, 2.75) is 25.7 Å². The predicted molar refractivity (Wildman–Crippen MR) is 48.6 cm³/mol. The van der Waals surface area contributed by atoms with E-state index in [1.807, 2.05) is 6.92 Å². The van der Waals surface area contributed by atoms with Gasteiger partial charge in [0.25, 0.3) is 0 Å². The van der Waals surface area contributed by atoms with Crippen LogP contribution in [0.1, 0.15) is 30.0 Å². The van der Waals surface area contributed by atoms with E-state index >= 15 is 0 Å². The molecule has 1 aliphatic carbocycles. The summed E-state index contributed by atoms with van der Waals surface area (Å²) in [4.78, 5) is 4.26. The van der Waals surface area contributed by atoms with Crippen LogP contribution in [0.4, 0.5) is 0 Å². The van der Waals surface area contributed by atoms with Gasteiger partial charge in [-0.05, 0) is 59.3 Å². The Hall–Kier alpha value is -0.370. The quantitative estimate of drug-likeness (QED) is 0.652. The molecule has 0 aromatic carbocycles. The molecular weight excluding hydrogens is 202 g/mol. The maximum atomic E-state index is 4.26. The molecule has 1 heterocycles. The van der Waals surface area contributed by atoms with Gasteiger partial charge in [0.15, 0.2) is 0 Å². The van der Waals surface area contributed by atoms with Crippen molar-refractivity contribution in [2.24, 2.45) is 0 Å². The summed E-state index contributed by atoms with van der Waals surface area (Å²) in [6.07, 6.45) is 2.71. The Morgan fingerprint density at radius 3 is 2.73 bits per heavy atom. The van der Waals surface area contributed by atoms with E-state index in [2.05, 4.69) is 33.0 Å². The van der Waals surface area contributed by atoms with Crippen LogP contribution in [0.5, 0.6) is 0 Å². The first-order valence-electron chi connectivity index (χ1n) is 3.90. The van der Waals surface area contributed by atoms with Crippen LogP contribution in [0.2, 0.25) is 0 Å². The smallest absolute Gasteiger partial charge is 0.106 e. The van der Waals surface area contributed by atoms with Crippen molar-refractivity contribution in [1.29, 1.82) is 0 Å². The molecule has 0 atom stereocenters.